The van der Waals surface area contributed by atoms with E-state index in [0.29, 0.717) is 18.8 Å². The van der Waals surface area contributed by atoms with Crippen molar-refractivity contribution in [2.24, 2.45) is 0 Å². The van der Waals surface area contributed by atoms with E-state index in [4.69, 9.17) is 0 Å². The summed E-state index contributed by atoms with van der Waals surface area (Å²) in [4.78, 5) is 14.3. The van der Waals surface area contributed by atoms with Gasteiger partial charge < -0.3 is 10.2 Å². The molecule has 0 aliphatic carbocycles. The Morgan fingerprint density at radius 3 is 2.55 bits per heavy atom. The Morgan fingerprint density at radius 1 is 1.07 bits per heavy atom. The van der Waals surface area contributed by atoms with E-state index in [1.807, 2.05) is 30.3 Å². The van der Waals surface area contributed by atoms with Crippen LogP contribution >= 0.6 is 0 Å². The number of likely N-dealkylation sites (tertiary alicyclic amines) is 1. The molecule has 29 heavy (non-hydrogen) atoms. The highest BCUT2D eigenvalue weighted by Crippen LogP contribution is 2.36. The van der Waals surface area contributed by atoms with E-state index in [9.17, 15) is 18.0 Å². The summed E-state index contributed by atoms with van der Waals surface area (Å²) in [5, 5.41) is 10.6. The average molecular weight is 401 g/mol. The number of halogens is 3. The number of alkyl halides is 3. The number of para-hydroxylation sites is 2. The highest BCUT2D eigenvalue weighted by Gasteiger charge is 2.36. The van der Waals surface area contributed by atoms with Crippen LogP contribution in [-0.2, 0) is 6.18 Å². The van der Waals surface area contributed by atoms with Crippen LogP contribution in [-0.4, -0.2) is 32.2 Å². The van der Waals surface area contributed by atoms with Gasteiger partial charge in [-0.1, -0.05) is 30.3 Å². The summed E-state index contributed by atoms with van der Waals surface area (Å²) in [7, 11) is 0. The van der Waals surface area contributed by atoms with Crippen molar-refractivity contribution in [3.05, 3.63) is 72.3 Å². The molecule has 1 aliphatic rings. The van der Waals surface area contributed by atoms with Gasteiger partial charge in [0.2, 0.25) is 0 Å². The second-order valence-electron chi connectivity index (χ2n) is 6.72. The Balaban J connectivity index is 1.59. The lowest BCUT2D eigenvalue weighted by atomic mass is 10.1. The first-order valence-corrected chi connectivity index (χ1v) is 9.14. The first-order valence-electron chi connectivity index (χ1n) is 9.14. The summed E-state index contributed by atoms with van der Waals surface area (Å²) in [6.45, 7) is 0.423. The van der Waals surface area contributed by atoms with E-state index in [2.05, 4.69) is 15.5 Å². The van der Waals surface area contributed by atoms with Crippen molar-refractivity contribution >= 4 is 11.7 Å². The number of nitrogens with one attached hydrogen (secondary N) is 1. The highest BCUT2D eigenvalue weighted by molar-refractivity contribution is 5.90. The van der Waals surface area contributed by atoms with E-state index in [1.54, 1.807) is 10.9 Å². The van der Waals surface area contributed by atoms with Gasteiger partial charge in [-0.15, -0.1) is 10.2 Å². The fourth-order valence-corrected chi connectivity index (χ4v) is 3.56. The third kappa shape index (κ3) is 3.80. The summed E-state index contributed by atoms with van der Waals surface area (Å²) in [6.07, 6.45) is -1.61. The molecule has 1 unspecified atom stereocenters. The van der Waals surface area contributed by atoms with Crippen LogP contribution in [0.3, 0.4) is 0 Å². The van der Waals surface area contributed by atoms with Gasteiger partial charge in [-0.05, 0) is 37.1 Å². The summed E-state index contributed by atoms with van der Waals surface area (Å²) in [5.74, 6) is 0.577. The van der Waals surface area contributed by atoms with Crippen molar-refractivity contribution in [1.29, 1.82) is 0 Å². The lowest BCUT2D eigenvalue weighted by molar-refractivity contribution is -0.136. The molecule has 3 aromatic rings. The minimum Gasteiger partial charge on any atom is -0.314 e. The molecule has 0 radical (unpaired) electrons. The molecule has 0 spiro atoms. The summed E-state index contributed by atoms with van der Waals surface area (Å²) < 4.78 is 41.5. The number of amides is 2. The molecule has 9 heteroatoms. The van der Waals surface area contributed by atoms with Gasteiger partial charge in [-0.3, -0.25) is 4.57 Å². The molecule has 2 aromatic carbocycles. The predicted octanol–water partition coefficient (Wildman–Crippen LogP) is 4.66. The molecule has 1 saturated heterocycles. The van der Waals surface area contributed by atoms with Crippen molar-refractivity contribution in [2.45, 2.75) is 25.1 Å². The third-order valence-electron chi connectivity index (χ3n) is 4.89. The smallest absolute Gasteiger partial charge is 0.314 e. The molecule has 2 heterocycles. The number of urea groups is 1. The molecule has 1 aromatic heterocycles. The van der Waals surface area contributed by atoms with Gasteiger partial charge in [0.05, 0.1) is 17.3 Å². The zero-order chi connectivity index (χ0) is 20.4. The van der Waals surface area contributed by atoms with Gasteiger partial charge in [-0.25, -0.2) is 4.79 Å². The van der Waals surface area contributed by atoms with E-state index < -0.39 is 17.8 Å². The van der Waals surface area contributed by atoms with E-state index in [1.165, 1.54) is 23.1 Å². The van der Waals surface area contributed by atoms with Crippen molar-refractivity contribution in [3.63, 3.8) is 0 Å². The second kappa shape index (κ2) is 7.57. The number of hydrogen-bond acceptors (Lipinski definition) is 3. The van der Waals surface area contributed by atoms with Crippen molar-refractivity contribution in [1.82, 2.24) is 19.7 Å². The molecule has 150 valence electrons. The lowest BCUT2D eigenvalue weighted by Crippen LogP contribution is -2.36. The molecule has 0 bridgehead atoms. The Hall–Kier alpha value is -3.36. The maximum atomic E-state index is 13.2. The molecule has 1 atom stereocenters. The minimum absolute atomic E-state index is 0.264. The topological polar surface area (TPSA) is 63.1 Å². The molecular weight excluding hydrogens is 383 g/mol. The molecule has 2 amide bonds. The second-order valence-corrected chi connectivity index (χ2v) is 6.72. The Bertz CT molecular complexity index is 1000. The van der Waals surface area contributed by atoms with Crippen LogP contribution in [0.4, 0.5) is 23.7 Å². The zero-order valence-electron chi connectivity index (χ0n) is 15.3. The Kier molecular flexibility index (Phi) is 4.96. The third-order valence-corrected chi connectivity index (χ3v) is 4.89. The molecule has 4 rings (SSSR count). The average Bonchev–Trinajstić information content (AvgIpc) is 3.37. The lowest BCUT2D eigenvalue weighted by Gasteiger charge is -2.25. The van der Waals surface area contributed by atoms with Crippen molar-refractivity contribution in [3.8, 4) is 5.69 Å². The molecular formula is C20H18F3N5O. The first-order chi connectivity index (χ1) is 13.9. The number of hydrogen-bond donors (Lipinski definition) is 1. The van der Waals surface area contributed by atoms with Crippen molar-refractivity contribution < 1.29 is 18.0 Å². The summed E-state index contributed by atoms with van der Waals surface area (Å²) in [5.41, 5.74) is -0.293. The quantitative estimate of drug-likeness (QED) is 0.695. The number of anilines is 1. The van der Waals surface area contributed by atoms with E-state index >= 15 is 0 Å². The number of carbonyl (C=O) groups excluding carboxylic acids is 1. The number of nitrogens with zero attached hydrogens (tertiary/aromatic N) is 4. The minimum atomic E-state index is -4.55. The first kappa shape index (κ1) is 19.0. The standard InChI is InChI=1S/C20H18F3N5O/c21-20(22,23)15-9-4-5-10-16(15)25-19(29)27-12-6-11-17(27)18-26-24-13-28(18)14-7-2-1-3-8-14/h1-5,7-10,13,17H,6,11-12H2,(H,25,29). The van der Waals surface area contributed by atoms with Crippen LogP contribution in [0.1, 0.15) is 30.3 Å². The van der Waals surface area contributed by atoms with Gasteiger partial charge >= 0.3 is 12.2 Å². The zero-order valence-corrected chi connectivity index (χ0v) is 15.3. The fraction of sp³-hybridized carbons (Fsp3) is 0.250. The maximum Gasteiger partial charge on any atom is 0.418 e. The summed E-state index contributed by atoms with van der Waals surface area (Å²) in [6, 6.07) is 13.4. The number of benzene rings is 2. The van der Waals surface area contributed by atoms with Gasteiger partial charge in [0.1, 0.15) is 6.33 Å². The molecule has 1 aliphatic heterocycles. The van der Waals surface area contributed by atoms with Gasteiger partial charge in [0.25, 0.3) is 0 Å². The Labute approximate surface area is 165 Å². The molecule has 1 fully saturated rings. The Morgan fingerprint density at radius 2 is 1.79 bits per heavy atom. The maximum absolute atomic E-state index is 13.2. The van der Waals surface area contributed by atoms with Crippen LogP contribution in [0, 0.1) is 0 Å². The number of carbonyl (C=O) groups is 1. The SMILES string of the molecule is O=C(Nc1ccccc1C(F)(F)F)N1CCCC1c1nncn1-c1ccccc1. The van der Waals surface area contributed by atoms with Crippen LogP contribution in [0.5, 0.6) is 0 Å². The molecule has 0 saturated carbocycles. The molecule has 6 nitrogen and oxygen atoms in total. The van der Waals surface area contributed by atoms with Crippen LogP contribution in [0.25, 0.3) is 5.69 Å². The van der Waals surface area contributed by atoms with Gasteiger partial charge in [-0.2, -0.15) is 13.2 Å². The van der Waals surface area contributed by atoms with Gasteiger partial charge in [0.15, 0.2) is 5.82 Å². The van der Waals surface area contributed by atoms with Crippen LogP contribution < -0.4 is 5.32 Å². The molecule has 1 N–H and O–H groups in total. The van der Waals surface area contributed by atoms with Crippen LogP contribution in [0.15, 0.2) is 60.9 Å². The van der Waals surface area contributed by atoms with Gasteiger partial charge in [0, 0.05) is 12.2 Å². The normalized spacial score (nSPS) is 16.8. The summed E-state index contributed by atoms with van der Waals surface area (Å²) >= 11 is 0. The fourth-order valence-electron chi connectivity index (χ4n) is 3.56. The van der Waals surface area contributed by atoms with E-state index in [0.717, 1.165) is 18.2 Å². The predicted molar refractivity (Wildman–Crippen MR) is 101 cm³/mol. The largest absolute Gasteiger partial charge is 0.418 e. The number of aromatic nitrogens is 3. The van der Waals surface area contributed by atoms with Crippen LogP contribution in [0.2, 0.25) is 0 Å². The highest BCUT2D eigenvalue weighted by atomic mass is 19.4. The van der Waals surface area contributed by atoms with Crippen molar-refractivity contribution in [2.75, 3.05) is 11.9 Å². The van der Waals surface area contributed by atoms with E-state index in [-0.39, 0.29) is 11.7 Å². The monoisotopic (exact) mass is 401 g/mol. The number of rotatable bonds is 3.